The van der Waals surface area contributed by atoms with Gasteiger partial charge in [-0.1, -0.05) is 0 Å². The fourth-order valence-corrected chi connectivity index (χ4v) is 4.65. The second kappa shape index (κ2) is 9.26. The number of benzene rings is 1. The molecule has 0 aromatic heterocycles. The Kier molecular flexibility index (Phi) is 6.73. The highest BCUT2D eigenvalue weighted by Crippen LogP contribution is 2.21. The van der Waals surface area contributed by atoms with Crippen LogP contribution in [0.4, 0.5) is 4.79 Å². The number of urea groups is 1. The van der Waals surface area contributed by atoms with E-state index in [0.29, 0.717) is 13.1 Å². The predicted octanol–water partition coefficient (Wildman–Crippen LogP) is 0.758. The van der Waals surface area contributed by atoms with E-state index in [9.17, 15) is 22.8 Å². The van der Waals surface area contributed by atoms with Crippen LogP contribution in [-0.4, -0.2) is 63.5 Å². The van der Waals surface area contributed by atoms with Gasteiger partial charge in [0, 0.05) is 13.1 Å². The Morgan fingerprint density at radius 2 is 1.73 bits per heavy atom. The number of carbonyl (C=O) groups excluding carboxylic acids is 3. The summed E-state index contributed by atoms with van der Waals surface area (Å²) < 4.78 is 36.6. The molecular weight excluding hydrogens is 414 g/mol. The molecule has 30 heavy (non-hydrogen) atoms. The Morgan fingerprint density at radius 1 is 1.07 bits per heavy atom. The molecule has 1 saturated heterocycles. The number of esters is 2. The van der Waals surface area contributed by atoms with E-state index in [1.54, 1.807) is 6.92 Å². The molecule has 2 amide bonds. The number of ether oxygens (including phenoxy) is 2. The van der Waals surface area contributed by atoms with Crippen LogP contribution < -0.4 is 10.6 Å². The minimum Gasteiger partial charge on any atom is -0.463 e. The average Bonchev–Trinajstić information content (AvgIpc) is 3.28. The molecule has 0 bridgehead atoms. The summed E-state index contributed by atoms with van der Waals surface area (Å²) in [5.41, 5.74) is 0.448. The Morgan fingerprint density at radius 3 is 2.37 bits per heavy atom. The van der Waals surface area contributed by atoms with Crippen LogP contribution in [0.3, 0.4) is 0 Å². The van der Waals surface area contributed by atoms with Crippen LogP contribution in [0.5, 0.6) is 0 Å². The molecule has 162 valence electrons. The van der Waals surface area contributed by atoms with Gasteiger partial charge in [0.15, 0.2) is 0 Å². The molecule has 1 aromatic rings. The number of hydrogen-bond acceptors (Lipinski definition) is 7. The van der Waals surface area contributed by atoms with E-state index in [2.05, 4.69) is 10.6 Å². The topological polar surface area (TPSA) is 131 Å². The molecule has 2 heterocycles. The predicted molar refractivity (Wildman–Crippen MR) is 105 cm³/mol. The molecule has 0 aliphatic carbocycles. The van der Waals surface area contributed by atoms with E-state index in [4.69, 9.17) is 9.47 Å². The normalized spacial score (nSPS) is 17.3. The lowest BCUT2D eigenvalue weighted by Crippen LogP contribution is -2.45. The average molecular weight is 437 g/mol. The van der Waals surface area contributed by atoms with Crippen molar-refractivity contribution in [3.63, 3.8) is 0 Å². The van der Waals surface area contributed by atoms with E-state index >= 15 is 0 Å². The monoisotopic (exact) mass is 437 g/mol. The molecular formula is C19H23N3O7S. The van der Waals surface area contributed by atoms with E-state index in [-0.39, 0.29) is 41.5 Å². The van der Waals surface area contributed by atoms with Crippen molar-refractivity contribution >= 4 is 28.0 Å². The van der Waals surface area contributed by atoms with Crippen LogP contribution >= 0.6 is 0 Å². The van der Waals surface area contributed by atoms with Crippen LogP contribution in [-0.2, 0) is 24.3 Å². The lowest BCUT2D eigenvalue weighted by Gasteiger charge is -2.21. The SMILES string of the molecule is CCOC(=O)C1=C(COC(=O)c2ccc(S(=O)(=O)N3CCCC3)cc2)NC(=O)NC1. The van der Waals surface area contributed by atoms with E-state index in [0.717, 1.165) is 12.8 Å². The second-order valence-electron chi connectivity index (χ2n) is 6.70. The summed E-state index contributed by atoms with van der Waals surface area (Å²) >= 11 is 0. The van der Waals surface area contributed by atoms with Crippen molar-refractivity contribution in [2.45, 2.75) is 24.7 Å². The first kappa shape index (κ1) is 21.8. The Bertz CT molecular complexity index is 964. The fourth-order valence-electron chi connectivity index (χ4n) is 3.13. The van der Waals surface area contributed by atoms with Gasteiger partial charge in [0.1, 0.15) is 6.61 Å². The van der Waals surface area contributed by atoms with Crippen molar-refractivity contribution in [3.8, 4) is 0 Å². The molecule has 1 fully saturated rings. The number of rotatable bonds is 7. The van der Waals surface area contributed by atoms with Gasteiger partial charge >= 0.3 is 18.0 Å². The number of nitrogens with zero attached hydrogens (tertiary/aromatic N) is 1. The van der Waals surface area contributed by atoms with E-state index in [1.807, 2.05) is 0 Å². The van der Waals surface area contributed by atoms with E-state index in [1.165, 1.54) is 28.6 Å². The summed E-state index contributed by atoms with van der Waals surface area (Å²) in [5, 5.41) is 4.89. The molecule has 2 N–H and O–H groups in total. The molecule has 2 aliphatic heterocycles. The number of amides is 2. The Hall–Kier alpha value is -2.92. The van der Waals surface area contributed by atoms with Gasteiger partial charge < -0.3 is 20.1 Å². The van der Waals surface area contributed by atoms with Crippen molar-refractivity contribution in [2.75, 3.05) is 32.8 Å². The van der Waals surface area contributed by atoms with Gasteiger partial charge in [-0.25, -0.2) is 22.8 Å². The lowest BCUT2D eigenvalue weighted by molar-refractivity contribution is -0.138. The molecule has 0 spiro atoms. The van der Waals surface area contributed by atoms with Crippen molar-refractivity contribution in [1.82, 2.24) is 14.9 Å². The highest BCUT2D eigenvalue weighted by atomic mass is 32.2. The maximum atomic E-state index is 12.5. The summed E-state index contributed by atoms with van der Waals surface area (Å²) in [5.74, 6) is -1.34. The molecule has 0 unspecified atom stereocenters. The van der Waals surface area contributed by atoms with Crippen molar-refractivity contribution in [1.29, 1.82) is 0 Å². The van der Waals surface area contributed by atoms with Crippen LogP contribution in [0.2, 0.25) is 0 Å². The van der Waals surface area contributed by atoms with Gasteiger partial charge in [0.2, 0.25) is 10.0 Å². The minimum atomic E-state index is -3.57. The van der Waals surface area contributed by atoms with Gasteiger partial charge in [-0.2, -0.15) is 4.31 Å². The summed E-state index contributed by atoms with van der Waals surface area (Å²) in [6.45, 7) is 2.42. The first-order chi connectivity index (χ1) is 14.3. The molecule has 1 aromatic carbocycles. The summed E-state index contributed by atoms with van der Waals surface area (Å²) in [4.78, 5) is 36.0. The first-order valence-electron chi connectivity index (χ1n) is 9.54. The first-order valence-corrected chi connectivity index (χ1v) is 11.0. The zero-order valence-electron chi connectivity index (χ0n) is 16.5. The van der Waals surface area contributed by atoms with Crippen LogP contribution in [0, 0.1) is 0 Å². The third kappa shape index (κ3) is 4.79. The molecule has 11 heteroatoms. The highest BCUT2D eigenvalue weighted by Gasteiger charge is 2.28. The highest BCUT2D eigenvalue weighted by molar-refractivity contribution is 7.89. The minimum absolute atomic E-state index is 0.0411. The molecule has 2 aliphatic rings. The van der Waals surface area contributed by atoms with Crippen molar-refractivity contribution in [3.05, 3.63) is 41.1 Å². The van der Waals surface area contributed by atoms with Crippen LogP contribution in [0.1, 0.15) is 30.1 Å². The van der Waals surface area contributed by atoms with Crippen LogP contribution in [0.15, 0.2) is 40.4 Å². The summed E-state index contributed by atoms with van der Waals surface area (Å²) in [6, 6.07) is 4.94. The molecule has 10 nitrogen and oxygen atoms in total. The van der Waals surface area contributed by atoms with Crippen LogP contribution in [0.25, 0.3) is 0 Å². The summed E-state index contributed by atoms with van der Waals surface area (Å²) in [7, 11) is -3.57. The quantitative estimate of drug-likeness (QED) is 0.602. The van der Waals surface area contributed by atoms with Gasteiger partial charge in [-0.3, -0.25) is 0 Å². The fraction of sp³-hybridized carbons (Fsp3) is 0.421. The largest absolute Gasteiger partial charge is 0.463 e. The van der Waals surface area contributed by atoms with Gasteiger partial charge in [-0.15, -0.1) is 0 Å². The van der Waals surface area contributed by atoms with Crippen molar-refractivity contribution in [2.24, 2.45) is 0 Å². The number of carbonyl (C=O) groups is 3. The Labute approximate surface area is 174 Å². The molecule has 0 atom stereocenters. The number of nitrogens with one attached hydrogen (secondary N) is 2. The van der Waals surface area contributed by atoms with Crippen molar-refractivity contribution < 1.29 is 32.3 Å². The van der Waals surface area contributed by atoms with Gasteiger partial charge in [-0.05, 0) is 44.0 Å². The van der Waals surface area contributed by atoms with Gasteiger partial charge in [0.05, 0.1) is 34.9 Å². The number of hydrogen-bond donors (Lipinski definition) is 2. The maximum absolute atomic E-state index is 12.5. The lowest BCUT2D eigenvalue weighted by atomic mass is 10.1. The molecule has 0 saturated carbocycles. The molecule has 0 radical (unpaired) electrons. The second-order valence-corrected chi connectivity index (χ2v) is 8.63. The molecule has 3 rings (SSSR count). The van der Waals surface area contributed by atoms with Gasteiger partial charge in [0.25, 0.3) is 0 Å². The van der Waals surface area contributed by atoms with E-state index < -0.39 is 28.0 Å². The smallest absolute Gasteiger partial charge is 0.338 e. The zero-order valence-corrected chi connectivity index (χ0v) is 17.3. The maximum Gasteiger partial charge on any atom is 0.338 e. The number of sulfonamides is 1. The summed E-state index contributed by atoms with van der Waals surface area (Å²) in [6.07, 6.45) is 1.67. The Balaban J connectivity index is 1.68. The third-order valence-electron chi connectivity index (χ3n) is 4.72. The zero-order chi connectivity index (χ0) is 21.7. The third-order valence-corrected chi connectivity index (χ3v) is 6.63. The standard InChI is InChI=1S/C19H23N3O7S/c1-2-28-18(24)15-11-20-19(25)21-16(15)12-29-17(23)13-5-7-14(8-6-13)30(26,27)22-9-3-4-10-22/h5-8H,2-4,9-12H2,1H3,(H2,20,21,25).